The quantitative estimate of drug-likeness (QED) is 0.874. The van der Waals surface area contributed by atoms with Crippen LogP contribution in [-0.2, 0) is 4.74 Å². The van der Waals surface area contributed by atoms with Crippen molar-refractivity contribution in [2.45, 2.75) is 18.9 Å². The highest BCUT2D eigenvalue weighted by Crippen LogP contribution is 2.21. The van der Waals surface area contributed by atoms with Gasteiger partial charge in [0.2, 0.25) is 0 Å². The van der Waals surface area contributed by atoms with E-state index < -0.39 is 0 Å². The van der Waals surface area contributed by atoms with Gasteiger partial charge in [0.05, 0.1) is 12.6 Å². The molecule has 17 heavy (non-hydrogen) atoms. The van der Waals surface area contributed by atoms with E-state index in [2.05, 4.69) is 22.4 Å². The topological polar surface area (TPSA) is 38.5 Å². The smallest absolute Gasteiger partial charge is 0.0519 e. The van der Waals surface area contributed by atoms with E-state index in [0.29, 0.717) is 5.92 Å². The van der Waals surface area contributed by atoms with Gasteiger partial charge in [0, 0.05) is 25.1 Å². The normalized spacial score (nSPS) is 23.8. The Hall–Kier alpha value is -0.420. The van der Waals surface area contributed by atoms with Crippen LogP contribution in [-0.4, -0.2) is 38.3 Å². The number of piperidine rings is 1. The second kappa shape index (κ2) is 6.50. The summed E-state index contributed by atoms with van der Waals surface area (Å²) in [5.74, 6) is 0.685. The first kappa shape index (κ1) is 13.0. The minimum absolute atomic E-state index is 0.163. The first-order chi connectivity index (χ1) is 8.29. The van der Waals surface area contributed by atoms with Crippen molar-refractivity contribution in [1.29, 1.82) is 0 Å². The van der Waals surface area contributed by atoms with Crippen LogP contribution in [0.3, 0.4) is 0 Å². The summed E-state index contributed by atoms with van der Waals surface area (Å²) in [6, 6.07) is 4.37. The Morgan fingerprint density at radius 3 is 3.24 bits per heavy atom. The molecule has 3 nitrogen and oxygen atoms in total. The summed E-state index contributed by atoms with van der Waals surface area (Å²) in [6.07, 6.45) is 2.56. The average molecular weight is 254 g/mol. The lowest BCUT2D eigenvalue weighted by Crippen LogP contribution is -2.40. The third-order valence-electron chi connectivity index (χ3n) is 3.37. The number of ether oxygens (including phenoxy) is 1. The van der Waals surface area contributed by atoms with Gasteiger partial charge in [-0.1, -0.05) is 6.07 Å². The van der Waals surface area contributed by atoms with Crippen molar-refractivity contribution in [3.63, 3.8) is 0 Å². The summed E-state index contributed by atoms with van der Waals surface area (Å²) in [7, 11) is 1.79. The Balaban J connectivity index is 1.82. The lowest BCUT2D eigenvalue weighted by atomic mass is 9.98. The van der Waals surface area contributed by atoms with E-state index in [9.17, 15) is 0 Å². The maximum absolute atomic E-state index is 6.23. The van der Waals surface area contributed by atoms with Crippen LogP contribution in [0.1, 0.15) is 23.8 Å². The molecular weight excluding hydrogens is 232 g/mol. The van der Waals surface area contributed by atoms with E-state index in [4.69, 9.17) is 10.5 Å². The molecule has 2 atom stereocenters. The summed E-state index contributed by atoms with van der Waals surface area (Å²) in [4.78, 5) is 3.77. The van der Waals surface area contributed by atoms with Gasteiger partial charge in [-0.25, -0.2) is 0 Å². The highest BCUT2D eigenvalue weighted by molar-refractivity contribution is 7.10. The molecule has 1 aliphatic rings. The molecule has 0 aliphatic carbocycles. The minimum atomic E-state index is 0.163. The van der Waals surface area contributed by atoms with Crippen LogP contribution in [0.2, 0.25) is 0 Å². The van der Waals surface area contributed by atoms with Crippen LogP contribution >= 0.6 is 11.3 Å². The molecule has 0 radical (unpaired) electrons. The Morgan fingerprint density at radius 1 is 1.65 bits per heavy atom. The number of methoxy groups -OCH3 is 1. The standard InChI is InChI=1S/C13H22N2OS/c1-16-10-11-4-2-6-15(8-11)9-12(14)13-5-3-7-17-13/h3,5,7,11-12H,2,4,6,8-10,14H2,1H3. The van der Waals surface area contributed by atoms with E-state index in [-0.39, 0.29) is 6.04 Å². The van der Waals surface area contributed by atoms with Gasteiger partial charge in [0.1, 0.15) is 0 Å². The molecule has 96 valence electrons. The maximum Gasteiger partial charge on any atom is 0.0519 e. The molecule has 0 aromatic carbocycles. The van der Waals surface area contributed by atoms with Crippen molar-refractivity contribution in [2.75, 3.05) is 33.4 Å². The van der Waals surface area contributed by atoms with Crippen LogP contribution in [0.5, 0.6) is 0 Å². The maximum atomic E-state index is 6.23. The largest absolute Gasteiger partial charge is 0.384 e. The van der Waals surface area contributed by atoms with Crippen molar-refractivity contribution in [3.8, 4) is 0 Å². The van der Waals surface area contributed by atoms with Gasteiger partial charge in [-0.2, -0.15) is 0 Å². The molecule has 2 N–H and O–H groups in total. The molecule has 0 spiro atoms. The third-order valence-corrected chi connectivity index (χ3v) is 4.37. The second-order valence-corrected chi connectivity index (χ2v) is 5.82. The minimum Gasteiger partial charge on any atom is -0.384 e. The fraction of sp³-hybridized carbons (Fsp3) is 0.692. The highest BCUT2D eigenvalue weighted by Gasteiger charge is 2.21. The van der Waals surface area contributed by atoms with Gasteiger partial charge < -0.3 is 15.4 Å². The van der Waals surface area contributed by atoms with Crippen molar-refractivity contribution in [2.24, 2.45) is 11.7 Å². The monoisotopic (exact) mass is 254 g/mol. The molecule has 1 aromatic rings. The van der Waals surface area contributed by atoms with Crippen molar-refractivity contribution in [3.05, 3.63) is 22.4 Å². The van der Waals surface area contributed by atoms with Gasteiger partial charge >= 0.3 is 0 Å². The van der Waals surface area contributed by atoms with E-state index in [1.165, 1.54) is 24.3 Å². The summed E-state index contributed by atoms with van der Waals surface area (Å²) < 4.78 is 5.25. The number of hydrogen-bond acceptors (Lipinski definition) is 4. The van der Waals surface area contributed by atoms with Crippen molar-refractivity contribution >= 4 is 11.3 Å². The summed E-state index contributed by atoms with van der Waals surface area (Å²) in [5.41, 5.74) is 6.23. The zero-order chi connectivity index (χ0) is 12.1. The second-order valence-electron chi connectivity index (χ2n) is 4.85. The molecular formula is C13H22N2OS. The molecule has 4 heteroatoms. The SMILES string of the molecule is COCC1CCCN(CC(N)c2cccs2)C1. The van der Waals surface area contributed by atoms with Gasteiger partial charge in [-0.3, -0.25) is 0 Å². The summed E-state index contributed by atoms with van der Waals surface area (Å²) in [6.45, 7) is 4.16. The average Bonchev–Trinajstić information content (AvgIpc) is 2.83. The molecule has 1 aliphatic heterocycles. The molecule has 1 fully saturated rings. The van der Waals surface area contributed by atoms with Gasteiger partial charge in [0.25, 0.3) is 0 Å². The van der Waals surface area contributed by atoms with E-state index >= 15 is 0 Å². The molecule has 0 amide bonds. The predicted octanol–water partition coefficient (Wildman–Crippen LogP) is 2.11. The first-order valence-electron chi connectivity index (χ1n) is 6.30. The number of likely N-dealkylation sites (tertiary alicyclic amines) is 1. The Labute approximate surface area is 108 Å². The van der Waals surface area contributed by atoms with Crippen LogP contribution in [0, 0.1) is 5.92 Å². The third kappa shape index (κ3) is 3.78. The van der Waals surface area contributed by atoms with Gasteiger partial charge in [-0.05, 0) is 36.8 Å². The Kier molecular flexibility index (Phi) is 4.98. The molecule has 1 saturated heterocycles. The van der Waals surface area contributed by atoms with Crippen LogP contribution in [0.15, 0.2) is 17.5 Å². The van der Waals surface area contributed by atoms with Crippen molar-refractivity contribution < 1.29 is 4.74 Å². The number of nitrogens with two attached hydrogens (primary N) is 1. The van der Waals surface area contributed by atoms with Crippen LogP contribution < -0.4 is 5.73 Å². The van der Waals surface area contributed by atoms with E-state index in [1.54, 1.807) is 18.4 Å². The predicted molar refractivity (Wildman–Crippen MR) is 72.3 cm³/mol. The molecule has 2 rings (SSSR count). The number of nitrogens with zero attached hydrogens (tertiary/aromatic N) is 1. The fourth-order valence-corrected chi connectivity index (χ4v) is 3.28. The Morgan fingerprint density at radius 2 is 2.53 bits per heavy atom. The first-order valence-corrected chi connectivity index (χ1v) is 7.18. The fourth-order valence-electron chi connectivity index (χ4n) is 2.56. The Bertz CT molecular complexity index is 313. The molecule has 1 aromatic heterocycles. The van der Waals surface area contributed by atoms with Gasteiger partial charge in [0.15, 0.2) is 0 Å². The molecule has 2 unspecified atom stereocenters. The number of rotatable bonds is 5. The lowest BCUT2D eigenvalue weighted by molar-refractivity contribution is 0.0880. The molecule has 0 bridgehead atoms. The zero-order valence-electron chi connectivity index (χ0n) is 10.5. The summed E-state index contributed by atoms with van der Waals surface area (Å²) >= 11 is 1.75. The van der Waals surface area contributed by atoms with E-state index in [0.717, 1.165) is 19.7 Å². The van der Waals surface area contributed by atoms with Crippen LogP contribution in [0.4, 0.5) is 0 Å². The molecule has 0 saturated carbocycles. The lowest BCUT2D eigenvalue weighted by Gasteiger charge is -2.33. The van der Waals surface area contributed by atoms with Crippen LogP contribution in [0.25, 0.3) is 0 Å². The highest BCUT2D eigenvalue weighted by atomic mass is 32.1. The number of thiophene rings is 1. The van der Waals surface area contributed by atoms with E-state index in [1.807, 2.05) is 0 Å². The number of hydrogen-bond donors (Lipinski definition) is 1. The van der Waals surface area contributed by atoms with Crippen molar-refractivity contribution in [1.82, 2.24) is 4.90 Å². The summed E-state index contributed by atoms with van der Waals surface area (Å²) in [5, 5.41) is 2.10. The zero-order valence-corrected chi connectivity index (χ0v) is 11.3. The molecule has 2 heterocycles. The van der Waals surface area contributed by atoms with Gasteiger partial charge in [-0.15, -0.1) is 11.3 Å².